The van der Waals surface area contributed by atoms with E-state index in [1.54, 1.807) is 25.1 Å². The van der Waals surface area contributed by atoms with E-state index in [0.717, 1.165) is 42.2 Å². The molecule has 0 saturated heterocycles. The van der Waals surface area contributed by atoms with Crippen LogP contribution in [0.15, 0.2) is 59.9 Å². The molecule has 1 amide bonds. The first kappa shape index (κ1) is 35.6. The molecule has 0 saturated carbocycles. The molecule has 8 nitrogen and oxygen atoms in total. The fourth-order valence-corrected chi connectivity index (χ4v) is 4.00. The van der Waals surface area contributed by atoms with Crippen molar-refractivity contribution < 1.29 is 19.4 Å². The second-order valence-electron chi connectivity index (χ2n) is 9.07. The predicted octanol–water partition coefficient (Wildman–Crippen LogP) is 6.90. The van der Waals surface area contributed by atoms with E-state index in [-0.39, 0.29) is 6.42 Å². The highest BCUT2D eigenvalue weighted by atomic mass is 35.5. The van der Waals surface area contributed by atoms with E-state index in [0.29, 0.717) is 48.2 Å². The number of allylic oxidation sites excluding steroid dienone is 8. The molecule has 0 radical (unpaired) electrons. The zero-order chi connectivity index (χ0) is 31.3. The van der Waals surface area contributed by atoms with Crippen molar-refractivity contribution in [3.63, 3.8) is 0 Å². The Kier molecular flexibility index (Phi) is 17.4. The van der Waals surface area contributed by atoms with Gasteiger partial charge in [0.1, 0.15) is 0 Å². The lowest BCUT2D eigenvalue weighted by Crippen LogP contribution is -2.11. The molecule has 0 aliphatic carbocycles. The highest BCUT2D eigenvalue weighted by molar-refractivity contribution is 6.19. The summed E-state index contributed by atoms with van der Waals surface area (Å²) in [5.74, 6) is 2.30. The number of fused-ring (bicyclic) bond motifs is 1. The number of nitriles is 1. The molecule has 222 valence electrons. The largest absolute Gasteiger partial charge is 0.498 e. The molecule has 0 unspecified atom stereocenters. The molecule has 0 fully saturated rings. The van der Waals surface area contributed by atoms with Gasteiger partial charge in [0, 0.05) is 17.9 Å². The lowest BCUT2D eigenvalue weighted by Gasteiger charge is -2.15. The highest BCUT2D eigenvalue weighted by Crippen LogP contribution is 2.24. The highest BCUT2D eigenvalue weighted by Gasteiger charge is 2.13. The van der Waals surface area contributed by atoms with Gasteiger partial charge in [-0.3, -0.25) is 9.59 Å². The number of aryl methyl sites for hydroxylation is 1. The molecule has 1 aliphatic heterocycles. The van der Waals surface area contributed by atoms with Crippen molar-refractivity contribution in [2.75, 3.05) is 12.5 Å². The molecule has 0 bridgehead atoms. The van der Waals surface area contributed by atoms with Gasteiger partial charge in [-0.15, -0.1) is 23.9 Å². The smallest absolute Gasteiger partial charge is 0.303 e. The van der Waals surface area contributed by atoms with Gasteiger partial charge >= 0.3 is 5.97 Å². The van der Waals surface area contributed by atoms with Gasteiger partial charge in [0.2, 0.25) is 5.91 Å². The molecule has 2 heterocycles. The molecule has 3 N–H and O–H groups in total. The number of hydrogen-bond acceptors (Lipinski definition) is 6. The molecular weight excluding hydrogens is 552 g/mol. The Morgan fingerprint density at radius 3 is 2.57 bits per heavy atom. The predicted molar refractivity (Wildman–Crippen MR) is 169 cm³/mol. The molecule has 3 rings (SSSR count). The van der Waals surface area contributed by atoms with Crippen LogP contribution in [0.2, 0.25) is 0 Å². The van der Waals surface area contributed by atoms with E-state index in [9.17, 15) is 9.59 Å². The summed E-state index contributed by atoms with van der Waals surface area (Å²) in [4.78, 5) is 31.6. The van der Waals surface area contributed by atoms with Crippen LogP contribution in [0.5, 0.6) is 0 Å². The molecule has 9 heteroatoms. The van der Waals surface area contributed by atoms with E-state index in [4.69, 9.17) is 37.4 Å². The number of primary amides is 1. The van der Waals surface area contributed by atoms with E-state index in [2.05, 4.69) is 23.4 Å². The Labute approximate surface area is 253 Å². The molecule has 1 aromatic carbocycles. The van der Waals surface area contributed by atoms with E-state index >= 15 is 0 Å². The molecular formula is C33H39ClN4O4. The Morgan fingerprint density at radius 2 is 1.98 bits per heavy atom. The molecule has 0 atom stereocenters. The second kappa shape index (κ2) is 20.5. The van der Waals surface area contributed by atoms with Gasteiger partial charge < -0.3 is 15.6 Å². The average molecular weight is 591 g/mol. The number of hydrogen-bond donors (Lipinski definition) is 2. The second-order valence-corrected chi connectivity index (χ2v) is 9.38. The number of alkyl halides is 1. The summed E-state index contributed by atoms with van der Waals surface area (Å²) in [7, 11) is 0. The topological polar surface area (TPSA) is 139 Å². The Balaban J connectivity index is 0.000000487. The summed E-state index contributed by atoms with van der Waals surface area (Å²) in [6.45, 7) is 6.37. The molecule has 2 aromatic rings. The van der Waals surface area contributed by atoms with Crippen LogP contribution in [0.4, 0.5) is 0 Å². The third kappa shape index (κ3) is 12.8. The van der Waals surface area contributed by atoms with Crippen molar-refractivity contribution in [2.24, 2.45) is 5.73 Å². The lowest BCUT2D eigenvalue weighted by atomic mass is 10.0. The molecule has 42 heavy (non-hydrogen) atoms. The number of carbonyl (C=O) groups excluding carboxylic acids is 1. The van der Waals surface area contributed by atoms with Crippen molar-refractivity contribution in [1.82, 2.24) is 9.97 Å². The molecule has 0 spiro atoms. The van der Waals surface area contributed by atoms with E-state index in [1.807, 2.05) is 44.2 Å². The molecule has 1 aromatic heterocycles. The zero-order valence-corrected chi connectivity index (χ0v) is 25.3. The SMILES string of the molecule is C#CC.C/C=C(\C=C/CCl)c1nc2ccc(C(N)=O)cc2nc1CCCCC(=O)O.CC1=C(/C=C\CC#N)CCCO1. The maximum Gasteiger partial charge on any atom is 0.303 e. The first-order valence-electron chi connectivity index (χ1n) is 13.7. The summed E-state index contributed by atoms with van der Waals surface area (Å²) >= 11 is 5.75. The maximum absolute atomic E-state index is 11.4. The van der Waals surface area contributed by atoms with Crippen molar-refractivity contribution in [3.8, 4) is 18.4 Å². The number of rotatable bonds is 11. The number of carboxylic acid groups (broad SMARTS) is 1. The minimum absolute atomic E-state index is 0.116. The van der Waals surface area contributed by atoms with Crippen LogP contribution in [0.25, 0.3) is 16.6 Å². The van der Waals surface area contributed by atoms with Gasteiger partial charge in [0.05, 0.1) is 47.3 Å². The Hall–Kier alpha value is -4.40. The van der Waals surface area contributed by atoms with Crippen LogP contribution in [0.3, 0.4) is 0 Å². The number of benzene rings is 1. The van der Waals surface area contributed by atoms with Crippen LogP contribution < -0.4 is 5.73 Å². The average Bonchev–Trinajstić information content (AvgIpc) is 2.97. The van der Waals surface area contributed by atoms with Crippen molar-refractivity contribution >= 4 is 40.1 Å². The summed E-state index contributed by atoms with van der Waals surface area (Å²) in [5, 5.41) is 17.1. The van der Waals surface area contributed by atoms with Crippen LogP contribution in [-0.2, 0) is 16.0 Å². The van der Waals surface area contributed by atoms with Gasteiger partial charge in [-0.1, -0.05) is 30.4 Å². The summed E-state index contributed by atoms with van der Waals surface area (Å²) < 4.78 is 5.37. The first-order chi connectivity index (χ1) is 20.2. The monoisotopic (exact) mass is 590 g/mol. The Morgan fingerprint density at radius 1 is 1.24 bits per heavy atom. The van der Waals surface area contributed by atoms with Crippen LogP contribution in [0.1, 0.15) is 81.0 Å². The number of aromatic nitrogens is 2. The Bertz CT molecular complexity index is 1410. The fourth-order valence-electron chi connectivity index (χ4n) is 3.91. The third-order valence-corrected chi connectivity index (χ3v) is 6.11. The van der Waals surface area contributed by atoms with Crippen molar-refractivity contribution in [2.45, 2.75) is 65.7 Å². The van der Waals surface area contributed by atoms with Gasteiger partial charge in [0.25, 0.3) is 0 Å². The quantitative estimate of drug-likeness (QED) is 0.125. The number of amides is 1. The molecule has 1 aliphatic rings. The van der Waals surface area contributed by atoms with Crippen molar-refractivity contribution in [3.05, 3.63) is 76.9 Å². The number of halogens is 1. The summed E-state index contributed by atoms with van der Waals surface area (Å²) in [5.41, 5.74) is 10.6. The van der Waals surface area contributed by atoms with Crippen LogP contribution >= 0.6 is 11.6 Å². The lowest BCUT2D eigenvalue weighted by molar-refractivity contribution is -0.137. The normalized spacial score (nSPS) is 13.0. The number of carbonyl (C=O) groups is 2. The van der Waals surface area contributed by atoms with Gasteiger partial charge in [-0.05, 0) is 82.2 Å². The van der Waals surface area contributed by atoms with Gasteiger partial charge in [-0.25, -0.2) is 9.97 Å². The van der Waals surface area contributed by atoms with Crippen molar-refractivity contribution in [1.29, 1.82) is 5.26 Å². The number of ether oxygens (including phenoxy) is 1. The van der Waals surface area contributed by atoms with E-state index in [1.165, 1.54) is 5.57 Å². The standard InChI is InChI=1S/C20H22ClN3O3.C10H13NO.C3H4/c1-2-13(6-5-11-21)19-16(7-3-4-8-18(25)26)23-17-12-14(20(22)27)9-10-15(17)24-19;1-9-10(5-2-3-7-11)6-4-8-12-9;1-3-2/h2,5-6,9-10,12H,3-4,7-8,11H2,1H3,(H2,22,27)(H,25,26);2,5H,3-4,6,8H2,1H3;1H,2H3/b6-5-,13-2+;5-2-;. The van der Waals surface area contributed by atoms with Crippen LogP contribution in [0, 0.1) is 23.7 Å². The number of nitrogens with two attached hydrogens (primary N) is 1. The number of terminal acetylenes is 1. The van der Waals surface area contributed by atoms with Gasteiger partial charge in [0.15, 0.2) is 0 Å². The maximum atomic E-state index is 11.4. The number of nitrogens with zero attached hydrogens (tertiary/aromatic N) is 3. The first-order valence-corrected chi connectivity index (χ1v) is 14.2. The van der Waals surface area contributed by atoms with Crippen LogP contribution in [-0.4, -0.2) is 39.4 Å². The number of aliphatic carboxylic acids is 1. The number of carboxylic acids is 1. The minimum atomic E-state index is -0.815. The van der Waals surface area contributed by atoms with Gasteiger partial charge in [-0.2, -0.15) is 5.26 Å². The third-order valence-electron chi connectivity index (χ3n) is 5.94. The zero-order valence-electron chi connectivity index (χ0n) is 24.5. The number of unbranched alkanes of at least 4 members (excludes halogenated alkanes) is 1. The van der Waals surface area contributed by atoms with E-state index < -0.39 is 11.9 Å². The summed E-state index contributed by atoms with van der Waals surface area (Å²) in [6.07, 6.45) is 18.7. The minimum Gasteiger partial charge on any atom is -0.498 e. The summed E-state index contributed by atoms with van der Waals surface area (Å²) in [6, 6.07) is 7.04. The fraction of sp³-hybridized carbons (Fsp3) is 0.364.